The second kappa shape index (κ2) is 11.3. The van der Waals surface area contributed by atoms with Gasteiger partial charge in [-0.3, -0.25) is 9.59 Å². The summed E-state index contributed by atoms with van der Waals surface area (Å²) in [4.78, 5) is 23.2. The van der Waals surface area contributed by atoms with E-state index in [1.807, 2.05) is 13.0 Å². The van der Waals surface area contributed by atoms with E-state index in [0.29, 0.717) is 5.92 Å². The Kier molecular flexibility index (Phi) is 9.56. The maximum absolute atomic E-state index is 12.6. The van der Waals surface area contributed by atoms with Crippen LogP contribution in [0.4, 0.5) is 0 Å². The van der Waals surface area contributed by atoms with Crippen molar-refractivity contribution in [3.8, 4) is 0 Å². The van der Waals surface area contributed by atoms with Crippen molar-refractivity contribution >= 4 is 34.9 Å². The summed E-state index contributed by atoms with van der Waals surface area (Å²) in [5.41, 5.74) is -0.952. The number of rotatable bonds is 10. The molecule has 0 aliphatic heterocycles. The first kappa shape index (κ1) is 27.1. The summed E-state index contributed by atoms with van der Waals surface area (Å²) in [5.74, 6) is -0.782. The second-order valence-corrected chi connectivity index (χ2v) is 10.1. The molecule has 8 heteroatoms. The first-order chi connectivity index (χ1) is 15.0. The number of Topliss-reactive ketones (excluding diaryl/α,β-unsaturated/α-hetero) is 1. The molecule has 2 aliphatic rings. The quantitative estimate of drug-likeness (QED) is 0.188. The lowest BCUT2D eigenvalue weighted by molar-refractivity contribution is -0.166. The molecule has 6 nitrogen and oxygen atoms in total. The third kappa shape index (κ3) is 5.84. The minimum atomic E-state index is -2.00. The van der Waals surface area contributed by atoms with Crippen molar-refractivity contribution in [2.45, 2.75) is 88.0 Å². The van der Waals surface area contributed by atoms with E-state index in [1.54, 1.807) is 0 Å². The molecule has 0 saturated heterocycles. The Balaban J connectivity index is 2.06. The molecule has 1 saturated carbocycles. The van der Waals surface area contributed by atoms with Gasteiger partial charge >= 0.3 is 0 Å². The summed E-state index contributed by atoms with van der Waals surface area (Å²) in [5, 5.41) is 24.3. The number of aliphatic hydroxyl groups excluding tert-OH is 1. The van der Waals surface area contributed by atoms with Crippen LogP contribution in [-0.4, -0.2) is 57.7 Å². The monoisotopic (exact) mass is 487 g/mol. The third-order valence-electron chi connectivity index (χ3n) is 6.26. The fourth-order valence-electron chi connectivity index (χ4n) is 4.53. The lowest BCUT2D eigenvalue weighted by Crippen LogP contribution is -2.74. The number of halogens is 2. The number of aliphatic hydroxyl groups is 2. The molecule has 0 heterocycles. The highest BCUT2D eigenvalue weighted by Crippen LogP contribution is 2.49. The molecule has 3 N–H and O–H groups in total. The maximum atomic E-state index is 12.6. The van der Waals surface area contributed by atoms with Crippen LogP contribution in [0.3, 0.4) is 0 Å². The molecule has 0 aromatic rings. The number of ether oxygens (including phenoxy) is 1. The molecule has 32 heavy (non-hydrogen) atoms. The fourth-order valence-corrected chi connectivity index (χ4v) is 5.45. The standard InChI is InChI=1S/C24H35Cl2NO5/c1-5-6-7-8-9-15(2)10-11-16(3)12-19(28)27-18-14-23(31)13-17(25)20(29)24(26,21(18)30)22(23)32-4/h10-13,15,18,21-22,30-31H,5-9,14H2,1-4H3,(H,27,28)/b11-10+,16-12+/t15-,18?,21-,22+,23-,24+/m1/s1. The Hall–Kier alpha value is -1.18. The summed E-state index contributed by atoms with van der Waals surface area (Å²) < 4.78 is 5.27. The van der Waals surface area contributed by atoms with Crippen LogP contribution < -0.4 is 5.32 Å². The highest BCUT2D eigenvalue weighted by Gasteiger charge is 2.67. The normalized spacial score (nSPS) is 33.9. The molecule has 2 rings (SSSR count). The fraction of sp³-hybridized carbons (Fsp3) is 0.667. The number of amides is 1. The van der Waals surface area contributed by atoms with E-state index >= 15 is 0 Å². The maximum Gasteiger partial charge on any atom is 0.244 e. The van der Waals surface area contributed by atoms with Crippen LogP contribution in [0.2, 0.25) is 0 Å². The van der Waals surface area contributed by atoms with Gasteiger partial charge in [-0.05, 0) is 30.9 Å². The van der Waals surface area contributed by atoms with E-state index in [0.717, 1.165) is 12.0 Å². The van der Waals surface area contributed by atoms with Gasteiger partial charge in [-0.15, -0.1) is 11.6 Å². The van der Waals surface area contributed by atoms with Gasteiger partial charge in [0.2, 0.25) is 5.91 Å². The van der Waals surface area contributed by atoms with Crippen LogP contribution in [0.15, 0.2) is 34.9 Å². The number of fused-ring (bicyclic) bond motifs is 2. The number of nitrogens with one attached hydrogen (secondary N) is 1. The highest BCUT2D eigenvalue weighted by atomic mass is 35.5. The van der Waals surface area contributed by atoms with Crippen molar-refractivity contribution in [2.75, 3.05) is 7.11 Å². The molecular weight excluding hydrogens is 453 g/mol. The molecule has 2 bridgehead atoms. The van der Waals surface area contributed by atoms with E-state index < -0.39 is 40.4 Å². The van der Waals surface area contributed by atoms with Crippen LogP contribution in [0.1, 0.15) is 59.3 Å². The second-order valence-electron chi connectivity index (χ2n) is 9.03. The predicted molar refractivity (Wildman–Crippen MR) is 127 cm³/mol. The average Bonchev–Trinajstić information content (AvgIpc) is 2.72. The van der Waals surface area contributed by atoms with Crippen molar-refractivity contribution in [3.05, 3.63) is 34.9 Å². The van der Waals surface area contributed by atoms with E-state index in [-0.39, 0.29) is 11.5 Å². The minimum absolute atomic E-state index is 0.103. The summed E-state index contributed by atoms with van der Waals surface area (Å²) >= 11 is 12.5. The highest BCUT2D eigenvalue weighted by molar-refractivity contribution is 6.51. The topological polar surface area (TPSA) is 95.9 Å². The Bertz CT molecular complexity index is 795. The van der Waals surface area contributed by atoms with Crippen LogP contribution in [0.25, 0.3) is 0 Å². The van der Waals surface area contributed by atoms with Crippen LogP contribution in [-0.2, 0) is 14.3 Å². The summed E-state index contributed by atoms with van der Waals surface area (Å²) in [6, 6.07) is -0.966. The number of carbonyl (C=O) groups is 2. The Labute approximate surface area is 200 Å². The average molecular weight is 488 g/mol. The molecule has 180 valence electrons. The molecule has 0 aromatic carbocycles. The van der Waals surface area contributed by atoms with Gasteiger partial charge in [0.1, 0.15) is 17.8 Å². The van der Waals surface area contributed by atoms with E-state index in [9.17, 15) is 19.8 Å². The van der Waals surface area contributed by atoms with Crippen LogP contribution >= 0.6 is 23.2 Å². The number of carbonyl (C=O) groups excluding carboxylic acids is 2. The van der Waals surface area contributed by atoms with Gasteiger partial charge in [-0.25, -0.2) is 0 Å². The van der Waals surface area contributed by atoms with Gasteiger partial charge in [-0.1, -0.05) is 63.3 Å². The lowest BCUT2D eigenvalue weighted by Gasteiger charge is -2.53. The molecule has 6 atom stereocenters. The Morgan fingerprint density at radius 1 is 1.41 bits per heavy atom. The molecule has 1 fully saturated rings. The Morgan fingerprint density at radius 3 is 2.72 bits per heavy atom. The van der Waals surface area contributed by atoms with Crippen LogP contribution in [0, 0.1) is 5.92 Å². The van der Waals surface area contributed by atoms with E-state index in [1.165, 1.54) is 44.9 Å². The van der Waals surface area contributed by atoms with Gasteiger partial charge in [-0.2, -0.15) is 0 Å². The first-order valence-electron chi connectivity index (χ1n) is 11.2. The number of allylic oxidation sites excluding steroid dienone is 4. The molecule has 1 amide bonds. The van der Waals surface area contributed by atoms with E-state index in [4.69, 9.17) is 27.9 Å². The van der Waals surface area contributed by atoms with Gasteiger partial charge in [0.25, 0.3) is 0 Å². The molecule has 0 radical (unpaired) electrons. The zero-order chi connectivity index (χ0) is 24.1. The first-order valence-corrected chi connectivity index (χ1v) is 12.0. The lowest BCUT2D eigenvalue weighted by atomic mass is 9.65. The number of hydrogen-bond donors (Lipinski definition) is 3. The number of ketones is 1. The van der Waals surface area contributed by atoms with Crippen molar-refractivity contribution in [2.24, 2.45) is 5.92 Å². The molecule has 0 aromatic heterocycles. The van der Waals surface area contributed by atoms with E-state index in [2.05, 4.69) is 25.2 Å². The smallest absolute Gasteiger partial charge is 0.244 e. The molecular formula is C24H35Cl2NO5. The number of alkyl halides is 1. The number of methoxy groups -OCH3 is 1. The number of unbranched alkanes of at least 4 members (excludes halogenated alkanes) is 3. The Morgan fingerprint density at radius 2 is 2.09 bits per heavy atom. The van der Waals surface area contributed by atoms with Gasteiger partial charge < -0.3 is 20.3 Å². The summed E-state index contributed by atoms with van der Waals surface area (Å²) in [6.07, 6.45) is 9.76. The van der Waals surface area contributed by atoms with Gasteiger partial charge in [0, 0.05) is 19.6 Å². The zero-order valence-electron chi connectivity index (χ0n) is 19.2. The largest absolute Gasteiger partial charge is 0.389 e. The zero-order valence-corrected chi connectivity index (χ0v) is 20.7. The van der Waals surface area contributed by atoms with Crippen LogP contribution in [0.5, 0.6) is 0 Å². The summed E-state index contributed by atoms with van der Waals surface area (Å²) in [6.45, 7) is 6.15. The van der Waals surface area contributed by atoms with Crippen molar-refractivity contribution in [3.63, 3.8) is 0 Å². The van der Waals surface area contributed by atoms with Crippen molar-refractivity contribution < 1.29 is 24.5 Å². The summed E-state index contributed by atoms with van der Waals surface area (Å²) in [7, 11) is 1.29. The minimum Gasteiger partial charge on any atom is -0.389 e. The van der Waals surface area contributed by atoms with Crippen molar-refractivity contribution in [1.82, 2.24) is 5.32 Å². The molecule has 1 unspecified atom stereocenters. The number of hydrogen-bond acceptors (Lipinski definition) is 5. The van der Waals surface area contributed by atoms with Crippen molar-refractivity contribution in [1.29, 1.82) is 0 Å². The third-order valence-corrected chi connectivity index (χ3v) is 7.13. The van der Waals surface area contributed by atoms with Gasteiger partial charge in [0.15, 0.2) is 10.7 Å². The van der Waals surface area contributed by atoms with Gasteiger partial charge in [0.05, 0.1) is 11.1 Å². The SMILES string of the molecule is CCCCCC[C@@H](C)/C=C/C(C)=C/C(=O)NC1C[C@]2(O)C=C(Cl)C(=O)[C@](Cl)([C@@H]1O)[C@H]2OC. The predicted octanol–water partition coefficient (Wildman–Crippen LogP) is 3.77. The molecule has 0 spiro atoms. The molecule has 2 aliphatic carbocycles.